The second-order valence-electron chi connectivity index (χ2n) is 3.97. The van der Waals surface area contributed by atoms with Gasteiger partial charge in [0.15, 0.2) is 11.6 Å². The molecule has 0 aliphatic carbocycles. The van der Waals surface area contributed by atoms with Crippen molar-refractivity contribution in [3.8, 4) is 5.75 Å². The van der Waals surface area contributed by atoms with Gasteiger partial charge in [0, 0.05) is 21.1 Å². The number of hydrogen-bond acceptors (Lipinski definition) is 3. The van der Waals surface area contributed by atoms with Gasteiger partial charge in [0.05, 0.1) is 12.7 Å². The van der Waals surface area contributed by atoms with Gasteiger partial charge in [-0.25, -0.2) is 4.39 Å². The van der Waals surface area contributed by atoms with Gasteiger partial charge in [-0.05, 0) is 46.3 Å². The van der Waals surface area contributed by atoms with Crippen molar-refractivity contribution in [2.45, 2.75) is 4.90 Å². The number of halogens is 2. The van der Waals surface area contributed by atoms with Crippen LogP contribution in [0.1, 0.15) is 10.4 Å². The lowest BCUT2D eigenvalue weighted by atomic mass is 10.2. The van der Waals surface area contributed by atoms with Crippen LogP contribution in [0.2, 0.25) is 0 Å². The van der Waals surface area contributed by atoms with E-state index in [0.29, 0.717) is 20.6 Å². The average molecular weight is 356 g/mol. The summed E-state index contributed by atoms with van der Waals surface area (Å²) in [6, 6.07) is 9.27. The van der Waals surface area contributed by atoms with Crippen molar-refractivity contribution in [3.05, 3.63) is 52.3 Å². The number of rotatable bonds is 3. The maximum atomic E-state index is 13.3. The van der Waals surface area contributed by atoms with Gasteiger partial charge in [0.25, 0.3) is 5.91 Å². The zero-order valence-electron chi connectivity index (χ0n) is 10.5. The fourth-order valence-electron chi connectivity index (χ4n) is 1.62. The molecule has 0 aliphatic rings. The van der Waals surface area contributed by atoms with E-state index in [1.807, 2.05) is 0 Å². The Morgan fingerprint density at radius 1 is 1.30 bits per heavy atom. The van der Waals surface area contributed by atoms with E-state index in [1.165, 1.54) is 25.3 Å². The largest absolute Gasteiger partial charge is 0.494 e. The number of carbonyl (C=O) groups is 1. The molecule has 20 heavy (non-hydrogen) atoms. The number of benzene rings is 2. The van der Waals surface area contributed by atoms with Crippen LogP contribution in [0.25, 0.3) is 0 Å². The summed E-state index contributed by atoms with van der Waals surface area (Å²) in [5.41, 5.74) is 0.894. The monoisotopic (exact) mass is 355 g/mol. The van der Waals surface area contributed by atoms with Crippen molar-refractivity contribution < 1.29 is 13.9 Å². The molecule has 0 aliphatic heterocycles. The van der Waals surface area contributed by atoms with Gasteiger partial charge in [-0.15, -0.1) is 12.6 Å². The third-order valence-electron chi connectivity index (χ3n) is 2.60. The third kappa shape index (κ3) is 3.32. The normalized spacial score (nSPS) is 10.2. The lowest BCUT2D eigenvalue weighted by Gasteiger charge is -2.09. The second-order valence-corrected chi connectivity index (χ2v) is 5.34. The summed E-state index contributed by atoms with van der Waals surface area (Å²) in [5.74, 6) is -0.727. The molecule has 0 heterocycles. The Labute approximate surface area is 129 Å². The molecule has 0 spiro atoms. The molecule has 1 amide bonds. The first-order valence-corrected chi connectivity index (χ1v) is 6.88. The Hall–Kier alpha value is -1.53. The van der Waals surface area contributed by atoms with E-state index in [-0.39, 0.29) is 11.7 Å². The maximum Gasteiger partial charge on any atom is 0.256 e. The number of thiol groups is 1. The van der Waals surface area contributed by atoms with Crippen molar-refractivity contribution in [1.82, 2.24) is 0 Å². The molecule has 1 N–H and O–H groups in total. The molecule has 0 unspecified atom stereocenters. The zero-order valence-corrected chi connectivity index (χ0v) is 13.0. The third-order valence-corrected chi connectivity index (χ3v) is 3.57. The molecular formula is C14H11BrFNO2S. The Bertz CT molecular complexity index is 664. The molecule has 0 atom stereocenters. The smallest absolute Gasteiger partial charge is 0.256 e. The van der Waals surface area contributed by atoms with Crippen LogP contribution in [0.3, 0.4) is 0 Å². The summed E-state index contributed by atoms with van der Waals surface area (Å²) >= 11 is 7.50. The molecule has 0 bridgehead atoms. The van der Waals surface area contributed by atoms with E-state index in [4.69, 9.17) is 4.74 Å². The van der Waals surface area contributed by atoms with Gasteiger partial charge < -0.3 is 10.1 Å². The van der Waals surface area contributed by atoms with Crippen molar-refractivity contribution >= 4 is 40.2 Å². The number of anilines is 1. The highest BCUT2D eigenvalue weighted by molar-refractivity contribution is 9.10. The first-order chi connectivity index (χ1) is 9.51. The van der Waals surface area contributed by atoms with Crippen LogP contribution in [-0.2, 0) is 0 Å². The summed E-state index contributed by atoms with van der Waals surface area (Å²) in [4.78, 5) is 12.8. The van der Waals surface area contributed by atoms with Crippen molar-refractivity contribution in [2.24, 2.45) is 0 Å². The molecule has 2 aromatic carbocycles. The van der Waals surface area contributed by atoms with Crippen LogP contribution in [0.4, 0.5) is 10.1 Å². The van der Waals surface area contributed by atoms with Crippen LogP contribution in [0.5, 0.6) is 5.75 Å². The molecule has 0 saturated heterocycles. The van der Waals surface area contributed by atoms with Gasteiger partial charge in [-0.3, -0.25) is 4.79 Å². The molecule has 6 heteroatoms. The van der Waals surface area contributed by atoms with Crippen LogP contribution in [0.15, 0.2) is 45.8 Å². The molecule has 0 fully saturated rings. The second kappa shape index (κ2) is 6.28. The summed E-state index contributed by atoms with van der Waals surface area (Å²) in [6.45, 7) is 0. The van der Waals surface area contributed by atoms with E-state index in [2.05, 4.69) is 33.9 Å². The lowest BCUT2D eigenvalue weighted by molar-refractivity contribution is 0.102. The summed E-state index contributed by atoms with van der Waals surface area (Å²) < 4.78 is 18.8. The quantitative estimate of drug-likeness (QED) is 0.812. The van der Waals surface area contributed by atoms with Gasteiger partial charge in [-0.2, -0.15) is 0 Å². The van der Waals surface area contributed by atoms with E-state index >= 15 is 0 Å². The van der Waals surface area contributed by atoms with Gasteiger partial charge in [-0.1, -0.05) is 0 Å². The van der Waals surface area contributed by atoms with E-state index in [0.717, 1.165) is 0 Å². The van der Waals surface area contributed by atoms with E-state index in [9.17, 15) is 9.18 Å². The van der Waals surface area contributed by atoms with Gasteiger partial charge >= 0.3 is 0 Å². The van der Waals surface area contributed by atoms with Crippen LogP contribution < -0.4 is 10.1 Å². The highest BCUT2D eigenvalue weighted by Crippen LogP contribution is 2.24. The Morgan fingerprint density at radius 2 is 2.05 bits per heavy atom. The maximum absolute atomic E-state index is 13.3. The summed E-state index contributed by atoms with van der Waals surface area (Å²) in [5, 5.41) is 2.68. The van der Waals surface area contributed by atoms with E-state index < -0.39 is 5.82 Å². The minimum atomic E-state index is -0.482. The van der Waals surface area contributed by atoms with Gasteiger partial charge in [0.1, 0.15) is 0 Å². The van der Waals surface area contributed by atoms with Crippen LogP contribution in [-0.4, -0.2) is 13.0 Å². The molecule has 0 saturated carbocycles. The molecular weight excluding hydrogens is 345 g/mol. The number of hydrogen-bond donors (Lipinski definition) is 2. The van der Waals surface area contributed by atoms with E-state index in [1.54, 1.807) is 18.2 Å². The SMILES string of the molecule is COc1cc(NC(=O)c2cc(S)ccc2Br)ccc1F. The van der Waals surface area contributed by atoms with Crippen LogP contribution >= 0.6 is 28.6 Å². The van der Waals surface area contributed by atoms with Gasteiger partial charge in [0.2, 0.25) is 0 Å². The Morgan fingerprint density at radius 3 is 2.75 bits per heavy atom. The van der Waals surface area contributed by atoms with Crippen molar-refractivity contribution in [2.75, 3.05) is 12.4 Å². The predicted molar refractivity (Wildman–Crippen MR) is 82.3 cm³/mol. The molecule has 2 aromatic rings. The standard InChI is InChI=1S/C14H11BrFNO2S/c1-19-13-6-8(2-5-12(13)16)17-14(18)10-7-9(20)3-4-11(10)15/h2-7,20H,1H3,(H,17,18). The fourth-order valence-corrected chi connectivity index (χ4v) is 2.25. The minimum Gasteiger partial charge on any atom is -0.494 e. The topological polar surface area (TPSA) is 38.3 Å². The number of ether oxygens (including phenoxy) is 1. The number of carbonyl (C=O) groups excluding carboxylic acids is 1. The first-order valence-electron chi connectivity index (χ1n) is 5.64. The number of methoxy groups -OCH3 is 1. The average Bonchev–Trinajstić information content (AvgIpc) is 2.43. The molecule has 3 nitrogen and oxygen atoms in total. The Balaban J connectivity index is 2.25. The molecule has 0 radical (unpaired) electrons. The minimum absolute atomic E-state index is 0.0739. The number of amides is 1. The highest BCUT2D eigenvalue weighted by Gasteiger charge is 2.12. The number of nitrogens with one attached hydrogen (secondary N) is 1. The van der Waals surface area contributed by atoms with Crippen molar-refractivity contribution in [3.63, 3.8) is 0 Å². The highest BCUT2D eigenvalue weighted by atomic mass is 79.9. The lowest BCUT2D eigenvalue weighted by Crippen LogP contribution is -2.12. The summed E-state index contributed by atoms with van der Waals surface area (Å²) in [6.07, 6.45) is 0. The predicted octanol–water partition coefficient (Wildman–Crippen LogP) is 4.14. The first kappa shape index (κ1) is 14.9. The molecule has 2 rings (SSSR count). The fraction of sp³-hybridized carbons (Fsp3) is 0.0714. The summed E-state index contributed by atoms with van der Waals surface area (Å²) in [7, 11) is 1.37. The zero-order chi connectivity index (χ0) is 14.7. The molecule has 104 valence electrons. The van der Waals surface area contributed by atoms with Crippen molar-refractivity contribution in [1.29, 1.82) is 0 Å². The van der Waals surface area contributed by atoms with Crippen LogP contribution in [0, 0.1) is 5.82 Å². The molecule has 0 aromatic heterocycles. The Kier molecular flexibility index (Phi) is 4.67.